The molecule has 1 aliphatic carbocycles. The highest BCUT2D eigenvalue weighted by Crippen LogP contribution is 2.30. The maximum absolute atomic E-state index is 12.7. The minimum atomic E-state index is -0.360. The number of carbonyl (C=O) groups is 1. The third kappa shape index (κ3) is 2.57. The largest absolute Gasteiger partial charge is 0.493 e. The highest BCUT2D eigenvalue weighted by atomic mass is 16.5. The van der Waals surface area contributed by atoms with Crippen LogP contribution in [0.15, 0.2) is 51.7 Å². The van der Waals surface area contributed by atoms with E-state index in [0.717, 1.165) is 46.7 Å². The molecule has 0 radical (unpaired) electrons. The van der Waals surface area contributed by atoms with E-state index in [2.05, 4.69) is 10.3 Å². The van der Waals surface area contributed by atoms with Crippen LogP contribution >= 0.6 is 0 Å². The number of hydrogen-bond donors (Lipinski definition) is 2. The zero-order chi connectivity index (χ0) is 19.3. The fraction of sp³-hybridized carbons (Fsp3) is 0.182. The standard InChI is InChI=1S/C22H18N2O4/c1-27-18-7-2-4-12-10-19(28-20(12)18)22(26)23-13-8-9-15-14-5-3-6-16(14)21(25)24-17(15)11-13/h2,4,7-11H,3,5-6H2,1H3,(H,23,26)(H,24,25). The SMILES string of the molecule is COc1cccc2cc(C(=O)Nc3ccc4c5c(c(=O)[nH]c4c3)CCC5)oc12. The summed E-state index contributed by atoms with van der Waals surface area (Å²) < 4.78 is 11.0. The number of hydrogen-bond acceptors (Lipinski definition) is 4. The van der Waals surface area contributed by atoms with Crippen molar-refractivity contribution < 1.29 is 13.9 Å². The number of carbonyl (C=O) groups excluding carboxylic acids is 1. The molecule has 4 aromatic rings. The van der Waals surface area contributed by atoms with Crippen LogP contribution < -0.4 is 15.6 Å². The van der Waals surface area contributed by atoms with Crippen LogP contribution in [0.4, 0.5) is 5.69 Å². The Morgan fingerprint density at radius 2 is 2.00 bits per heavy atom. The van der Waals surface area contributed by atoms with Crippen LogP contribution in [0.3, 0.4) is 0 Å². The van der Waals surface area contributed by atoms with Crippen molar-refractivity contribution in [3.8, 4) is 5.75 Å². The molecular weight excluding hydrogens is 356 g/mol. The molecule has 0 aliphatic heterocycles. The molecule has 0 unspecified atom stereocenters. The van der Waals surface area contributed by atoms with Crippen molar-refractivity contribution in [2.24, 2.45) is 0 Å². The summed E-state index contributed by atoms with van der Waals surface area (Å²) in [7, 11) is 1.56. The second-order valence-electron chi connectivity index (χ2n) is 6.97. The number of ether oxygens (including phenoxy) is 1. The van der Waals surface area contributed by atoms with Gasteiger partial charge in [-0.2, -0.15) is 0 Å². The molecule has 1 aliphatic rings. The molecule has 0 saturated heterocycles. The number of furan rings is 1. The molecule has 6 heteroatoms. The van der Waals surface area contributed by atoms with Crippen molar-refractivity contribution in [2.45, 2.75) is 19.3 Å². The molecule has 1 amide bonds. The van der Waals surface area contributed by atoms with Crippen LogP contribution in [-0.2, 0) is 12.8 Å². The van der Waals surface area contributed by atoms with Crippen molar-refractivity contribution in [1.29, 1.82) is 0 Å². The maximum atomic E-state index is 12.7. The highest BCUT2D eigenvalue weighted by molar-refractivity contribution is 6.05. The number of H-pyrrole nitrogens is 1. The molecule has 2 aromatic heterocycles. The summed E-state index contributed by atoms with van der Waals surface area (Å²) in [6.07, 6.45) is 2.75. The molecule has 5 rings (SSSR count). The zero-order valence-electron chi connectivity index (χ0n) is 15.3. The molecule has 0 fully saturated rings. The second kappa shape index (κ2) is 6.27. The Bertz CT molecular complexity index is 1300. The summed E-state index contributed by atoms with van der Waals surface area (Å²) in [5, 5.41) is 4.68. The molecule has 2 N–H and O–H groups in total. The minimum absolute atomic E-state index is 0.0344. The van der Waals surface area contributed by atoms with Crippen molar-refractivity contribution in [1.82, 2.24) is 4.98 Å². The lowest BCUT2D eigenvalue weighted by Crippen LogP contribution is -2.13. The Kier molecular flexibility index (Phi) is 3.72. The van der Waals surface area contributed by atoms with Crippen molar-refractivity contribution >= 4 is 33.5 Å². The normalized spacial score (nSPS) is 13.0. The van der Waals surface area contributed by atoms with Gasteiger partial charge in [0.25, 0.3) is 11.5 Å². The van der Waals surface area contributed by atoms with E-state index >= 15 is 0 Å². The topological polar surface area (TPSA) is 84.3 Å². The summed E-state index contributed by atoms with van der Waals surface area (Å²) in [6, 6.07) is 12.8. The van der Waals surface area contributed by atoms with Gasteiger partial charge >= 0.3 is 0 Å². The number of pyridine rings is 1. The van der Waals surface area contributed by atoms with Crippen molar-refractivity contribution in [2.75, 3.05) is 12.4 Å². The van der Waals surface area contributed by atoms with E-state index in [9.17, 15) is 9.59 Å². The van der Waals surface area contributed by atoms with Crippen LogP contribution in [0.5, 0.6) is 5.75 Å². The van der Waals surface area contributed by atoms with Crippen LogP contribution in [0.1, 0.15) is 28.1 Å². The Hall–Kier alpha value is -3.54. The number of aromatic amines is 1. The van der Waals surface area contributed by atoms with E-state index < -0.39 is 0 Å². The summed E-state index contributed by atoms with van der Waals surface area (Å²) >= 11 is 0. The molecule has 2 heterocycles. The van der Waals surface area contributed by atoms with Gasteiger partial charge in [-0.1, -0.05) is 18.2 Å². The predicted octanol–water partition coefficient (Wildman–Crippen LogP) is 4.02. The number of aryl methyl sites for hydroxylation is 1. The molecule has 28 heavy (non-hydrogen) atoms. The van der Waals surface area contributed by atoms with Crippen LogP contribution in [0, 0.1) is 0 Å². The fourth-order valence-corrected chi connectivity index (χ4v) is 3.98. The number of anilines is 1. The number of benzene rings is 2. The molecule has 6 nitrogen and oxygen atoms in total. The van der Waals surface area contributed by atoms with Gasteiger partial charge in [-0.3, -0.25) is 9.59 Å². The smallest absolute Gasteiger partial charge is 0.291 e. The van der Waals surface area contributed by atoms with Crippen molar-refractivity contribution in [3.63, 3.8) is 0 Å². The Morgan fingerprint density at radius 3 is 2.86 bits per heavy atom. The Balaban J connectivity index is 1.49. The van der Waals surface area contributed by atoms with Gasteiger partial charge in [0.2, 0.25) is 0 Å². The minimum Gasteiger partial charge on any atom is -0.493 e. The molecule has 0 saturated carbocycles. The lowest BCUT2D eigenvalue weighted by Gasteiger charge is -2.08. The Labute approximate surface area is 160 Å². The lowest BCUT2D eigenvalue weighted by molar-refractivity contribution is 0.0998. The zero-order valence-corrected chi connectivity index (χ0v) is 15.3. The first-order valence-corrected chi connectivity index (χ1v) is 9.20. The average Bonchev–Trinajstić information content (AvgIpc) is 3.35. The number of methoxy groups -OCH3 is 1. The summed E-state index contributed by atoms with van der Waals surface area (Å²) in [4.78, 5) is 27.9. The molecule has 140 valence electrons. The quantitative estimate of drug-likeness (QED) is 0.567. The van der Waals surface area contributed by atoms with Gasteiger partial charge in [-0.25, -0.2) is 0 Å². The predicted molar refractivity (Wildman–Crippen MR) is 107 cm³/mol. The van der Waals surface area contributed by atoms with Gasteiger partial charge in [0.05, 0.1) is 12.6 Å². The number of rotatable bonds is 3. The fourth-order valence-electron chi connectivity index (χ4n) is 3.98. The van der Waals surface area contributed by atoms with E-state index in [1.54, 1.807) is 25.3 Å². The van der Waals surface area contributed by atoms with E-state index in [0.29, 0.717) is 17.0 Å². The monoisotopic (exact) mass is 374 g/mol. The van der Waals surface area contributed by atoms with Gasteiger partial charge in [0, 0.05) is 22.0 Å². The van der Waals surface area contributed by atoms with E-state index in [4.69, 9.17) is 9.15 Å². The van der Waals surface area contributed by atoms with E-state index in [-0.39, 0.29) is 17.2 Å². The Morgan fingerprint density at radius 1 is 1.14 bits per heavy atom. The van der Waals surface area contributed by atoms with E-state index in [1.165, 1.54) is 0 Å². The van der Waals surface area contributed by atoms with Gasteiger partial charge in [0.1, 0.15) is 0 Å². The van der Waals surface area contributed by atoms with Gasteiger partial charge < -0.3 is 19.5 Å². The molecule has 0 bridgehead atoms. The molecule has 0 atom stereocenters. The van der Waals surface area contributed by atoms with Crippen LogP contribution in [0.25, 0.3) is 21.9 Å². The third-order valence-electron chi connectivity index (χ3n) is 5.29. The number of para-hydroxylation sites is 1. The van der Waals surface area contributed by atoms with Crippen LogP contribution in [-0.4, -0.2) is 18.0 Å². The molecule has 2 aromatic carbocycles. The third-order valence-corrected chi connectivity index (χ3v) is 5.29. The van der Waals surface area contributed by atoms with Crippen molar-refractivity contribution in [3.05, 3.63) is 69.7 Å². The molecule has 0 spiro atoms. The number of fused-ring (bicyclic) bond motifs is 4. The summed E-state index contributed by atoms with van der Waals surface area (Å²) in [5.74, 6) is 0.414. The van der Waals surface area contributed by atoms with Crippen LogP contribution in [0.2, 0.25) is 0 Å². The first-order valence-electron chi connectivity index (χ1n) is 9.20. The summed E-state index contributed by atoms with van der Waals surface area (Å²) in [6.45, 7) is 0. The average molecular weight is 374 g/mol. The molecular formula is C22H18N2O4. The van der Waals surface area contributed by atoms with E-state index in [1.807, 2.05) is 24.3 Å². The number of nitrogens with one attached hydrogen (secondary N) is 2. The van der Waals surface area contributed by atoms with Gasteiger partial charge in [0.15, 0.2) is 17.1 Å². The lowest BCUT2D eigenvalue weighted by atomic mass is 10.1. The first kappa shape index (κ1) is 16.6. The van der Waals surface area contributed by atoms with Gasteiger partial charge in [-0.15, -0.1) is 0 Å². The number of amides is 1. The van der Waals surface area contributed by atoms with Gasteiger partial charge in [-0.05, 0) is 49.1 Å². The summed E-state index contributed by atoms with van der Waals surface area (Å²) in [5.41, 5.74) is 3.84. The first-order chi connectivity index (χ1) is 13.6. The maximum Gasteiger partial charge on any atom is 0.291 e. The highest BCUT2D eigenvalue weighted by Gasteiger charge is 2.19. The number of aromatic nitrogens is 1. The second-order valence-corrected chi connectivity index (χ2v) is 6.97.